The topological polar surface area (TPSA) is 66.9 Å². The maximum Gasteiger partial charge on any atom is 0.253 e. The number of pyridine rings is 2. The molecule has 3 aromatic rings. The van der Waals surface area contributed by atoms with Crippen LogP contribution in [0.4, 0.5) is 11.4 Å². The number of anilines is 2. The van der Waals surface area contributed by atoms with Crippen LogP contribution in [0.2, 0.25) is 0 Å². The lowest BCUT2D eigenvalue weighted by Crippen LogP contribution is -2.23. The summed E-state index contributed by atoms with van der Waals surface area (Å²) in [5.74, 6) is -0.174. The van der Waals surface area contributed by atoms with E-state index in [1.807, 2.05) is 37.3 Å². The molecule has 2 N–H and O–H groups in total. The lowest BCUT2D eigenvalue weighted by atomic mass is 10.2. The molecule has 0 radical (unpaired) electrons. The minimum Gasteiger partial charge on any atom is -0.354 e. The van der Waals surface area contributed by atoms with E-state index < -0.39 is 0 Å². The molecule has 25 heavy (non-hydrogen) atoms. The molecule has 0 aliphatic heterocycles. The molecule has 1 aromatic carbocycles. The van der Waals surface area contributed by atoms with Crippen molar-refractivity contribution in [3.8, 4) is 0 Å². The molecule has 1 amide bonds. The molecule has 126 valence electrons. The highest BCUT2D eigenvalue weighted by Gasteiger charge is 2.08. The minimum absolute atomic E-state index is 0.174. The van der Waals surface area contributed by atoms with Gasteiger partial charge in [-0.3, -0.25) is 14.8 Å². The summed E-state index contributed by atoms with van der Waals surface area (Å²) in [5, 5.41) is 6.17. The second-order valence-electron chi connectivity index (χ2n) is 5.59. The van der Waals surface area contributed by atoms with Crippen molar-refractivity contribution in [3.63, 3.8) is 0 Å². The van der Waals surface area contributed by atoms with Crippen molar-refractivity contribution in [2.45, 2.75) is 13.5 Å². The molecule has 3 rings (SSSR count). The highest BCUT2D eigenvalue weighted by Crippen LogP contribution is 2.23. The molecule has 0 spiro atoms. The van der Waals surface area contributed by atoms with Gasteiger partial charge in [0.15, 0.2) is 0 Å². The fraction of sp³-hybridized carbons (Fsp3) is 0.105. The number of halogens is 1. The van der Waals surface area contributed by atoms with E-state index in [9.17, 15) is 4.79 Å². The molecule has 0 unspecified atom stereocenters. The first-order valence-electron chi connectivity index (χ1n) is 7.77. The number of carbonyl (C=O) groups excluding carboxylic acids is 1. The number of benzene rings is 1. The molecular weight excluding hydrogens is 380 g/mol. The van der Waals surface area contributed by atoms with E-state index in [4.69, 9.17) is 0 Å². The van der Waals surface area contributed by atoms with Gasteiger partial charge >= 0.3 is 0 Å². The van der Waals surface area contributed by atoms with Gasteiger partial charge in [0.2, 0.25) is 0 Å². The first kappa shape index (κ1) is 17.1. The second-order valence-corrected chi connectivity index (χ2v) is 6.51. The fourth-order valence-corrected chi connectivity index (χ4v) is 2.82. The van der Waals surface area contributed by atoms with E-state index in [2.05, 4.69) is 36.5 Å². The molecule has 0 saturated heterocycles. The van der Waals surface area contributed by atoms with Crippen molar-refractivity contribution in [3.05, 3.63) is 82.3 Å². The van der Waals surface area contributed by atoms with Crippen LogP contribution in [-0.4, -0.2) is 15.9 Å². The van der Waals surface area contributed by atoms with E-state index in [1.54, 1.807) is 30.9 Å². The fourth-order valence-electron chi connectivity index (χ4n) is 2.34. The average molecular weight is 397 g/mol. The molecule has 0 saturated carbocycles. The Labute approximate surface area is 154 Å². The first-order valence-corrected chi connectivity index (χ1v) is 8.56. The van der Waals surface area contributed by atoms with Crippen molar-refractivity contribution < 1.29 is 4.79 Å². The van der Waals surface area contributed by atoms with Crippen molar-refractivity contribution >= 4 is 33.2 Å². The smallest absolute Gasteiger partial charge is 0.253 e. The van der Waals surface area contributed by atoms with Crippen molar-refractivity contribution in [2.24, 2.45) is 0 Å². The van der Waals surface area contributed by atoms with E-state index in [-0.39, 0.29) is 5.91 Å². The van der Waals surface area contributed by atoms with Gasteiger partial charge in [0.05, 0.1) is 17.4 Å². The van der Waals surface area contributed by atoms with Gasteiger partial charge in [0.1, 0.15) is 0 Å². The van der Waals surface area contributed by atoms with Crippen LogP contribution in [0.15, 0.2) is 65.7 Å². The van der Waals surface area contributed by atoms with Crippen LogP contribution < -0.4 is 10.6 Å². The Morgan fingerprint density at radius 3 is 2.76 bits per heavy atom. The number of hydrogen-bond acceptors (Lipinski definition) is 4. The third-order valence-electron chi connectivity index (χ3n) is 3.64. The van der Waals surface area contributed by atoms with Crippen LogP contribution in [0.3, 0.4) is 0 Å². The molecular formula is C19H17BrN4O. The zero-order valence-corrected chi connectivity index (χ0v) is 15.2. The zero-order chi connectivity index (χ0) is 17.6. The van der Waals surface area contributed by atoms with Crippen LogP contribution in [-0.2, 0) is 6.54 Å². The van der Waals surface area contributed by atoms with Crippen molar-refractivity contribution in [1.82, 2.24) is 15.3 Å². The summed E-state index contributed by atoms with van der Waals surface area (Å²) in [7, 11) is 0. The summed E-state index contributed by atoms with van der Waals surface area (Å²) in [4.78, 5) is 20.5. The number of aryl methyl sites for hydroxylation is 1. The van der Waals surface area contributed by atoms with E-state index in [1.165, 1.54) is 0 Å². The van der Waals surface area contributed by atoms with Crippen LogP contribution in [0.5, 0.6) is 0 Å². The maximum absolute atomic E-state index is 12.3. The molecule has 5 nitrogen and oxygen atoms in total. The summed E-state index contributed by atoms with van der Waals surface area (Å²) >= 11 is 3.45. The Bertz CT molecular complexity index is 884. The number of aromatic nitrogens is 2. The van der Waals surface area contributed by atoms with Crippen molar-refractivity contribution in [2.75, 3.05) is 5.32 Å². The molecule has 0 atom stereocenters. The molecule has 0 fully saturated rings. The first-order chi connectivity index (χ1) is 12.1. The van der Waals surface area contributed by atoms with Crippen molar-refractivity contribution in [1.29, 1.82) is 0 Å². The van der Waals surface area contributed by atoms with Gasteiger partial charge in [-0.05, 0) is 48.4 Å². The monoisotopic (exact) mass is 396 g/mol. The Hall–Kier alpha value is -2.73. The summed E-state index contributed by atoms with van der Waals surface area (Å²) < 4.78 is 1.03. The van der Waals surface area contributed by atoms with Gasteiger partial charge in [0.25, 0.3) is 5.91 Å². The van der Waals surface area contributed by atoms with Crippen LogP contribution >= 0.6 is 15.9 Å². The summed E-state index contributed by atoms with van der Waals surface area (Å²) in [6.07, 6.45) is 6.68. The third-order valence-corrected chi connectivity index (χ3v) is 4.14. The molecule has 0 aliphatic rings. The predicted octanol–water partition coefficient (Wildman–Crippen LogP) is 4.22. The van der Waals surface area contributed by atoms with Crippen LogP contribution in [0.25, 0.3) is 0 Å². The largest absolute Gasteiger partial charge is 0.354 e. The Morgan fingerprint density at radius 1 is 1.12 bits per heavy atom. The standard InChI is InChI=1S/C19H17BrN4O/c1-13-7-16(20)4-5-18(13)24-17-8-15(11-22-12-17)19(25)23-10-14-3-2-6-21-9-14/h2-9,11-12,24H,10H2,1H3,(H,23,25). The lowest BCUT2D eigenvalue weighted by Gasteiger charge is -2.11. The highest BCUT2D eigenvalue weighted by molar-refractivity contribution is 9.10. The van der Waals surface area contributed by atoms with Gasteiger partial charge in [-0.25, -0.2) is 0 Å². The highest BCUT2D eigenvalue weighted by atomic mass is 79.9. The maximum atomic E-state index is 12.3. The Balaban J connectivity index is 1.69. The summed E-state index contributed by atoms with van der Waals surface area (Å²) in [6, 6.07) is 11.5. The number of amides is 1. The number of nitrogens with one attached hydrogen (secondary N) is 2. The Morgan fingerprint density at radius 2 is 2.00 bits per heavy atom. The molecule has 0 aliphatic carbocycles. The van der Waals surface area contributed by atoms with Gasteiger partial charge in [-0.15, -0.1) is 0 Å². The van der Waals surface area contributed by atoms with Gasteiger partial charge < -0.3 is 10.6 Å². The second kappa shape index (κ2) is 7.90. The quantitative estimate of drug-likeness (QED) is 0.677. The minimum atomic E-state index is -0.174. The van der Waals surface area contributed by atoms with Gasteiger partial charge in [-0.2, -0.15) is 0 Å². The summed E-state index contributed by atoms with van der Waals surface area (Å²) in [5.41, 5.74) is 4.28. The normalized spacial score (nSPS) is 10.3. The molecule has 2 heterocycles. The third kappa shape index (κ3) is 4.64. The number of carbonyl (C=O) groups is 1. The SMILES string of the molecule is Cc1cc(Br)ccc1Nc1cncc(C(=O)NCc2cccnc2)c1. The zero-order valence-electron chi connectivity index (χ0n) is 13.7. The molecule has 2 aromatic heterocycles. The number of nitrogens with zero attached hydrogens (tertiary/aromatic N) is 2. The number of hydrogen-bond donors (Lipinski definition) is 2. The van der Waals surface area contributed by atoms with Gasteiger partial charge in [0, 0.05) is 35.3 Å². The van der Waals surface area contributed by atoms with Gasteiger partial charge in [-0.1, -0.05) is 22.0 Å². The average Bonchev–Trinajstić information content (AvgIpc) is 2.63. The summed E-state index contributed by atoms with van der Waals surface area (Å²) in [6.45, 7) is 2.45. The van der Waals surface area contributed by atoms with Crippen LogP contribution in [0.1, 0.15) is 21.5 Å². The Kier molecular flexibility index (Phi) is 5.40. The lowest BCUT2D eigenvalue weighted by molar-refractivity contribution is 0.0950. The van der Waals surface area contributed by atoms with E-state index >= 15 is 0 Å². The number of rotatable bonds is 5. The molecule has 0 bridgehead atoms. The van der Waals surface area contributed by atoms with E-state index in [0.717, 1.165) is 27.0 Å². The van der Waals surface area contributed by atoms with E-state index in [0.29, 0.717) is 12.1 Å². The predicted molar refractivity (Wildman–Crippen MR) is 102 cm³/mol. The van der Waals surface area contributed by atoms with Crippen LogP contribution in [0, 0.1) is 6.92 Å². The molecule has 6 heteroatoms.